The molecule has 0 amide bonds. The van der Waals surface area contributed by atoms with Crippen LogP contribution in [0.4, 0.5) is 0 Å². The molecule has 1 N–H and O–H groups in total. The number of carboxylic acids is 1. The molecule has 0 aliphatic heterocycles. The molecule has 0 spiro atoms. The Labute approximate surface area is 333 Å². The predicted octanol–water partition coefficient (Wildman–Crippen LogP) is 15.5. The first-order valence-electron chi connectivity index (χ1n) is 23.2. The molecule has 0 aromatic heterocycles. The Morgan fingerprint density at radius 1 is 0.764 bits per heavy atom. The van der Waals surface area contributed by atoms with Gasteiger partial charge in [-0.1, -0.05) is 146 Å². The summed E-state index contributed by atoms with van der Waals surface area (Å²) in [4.78, 5) is 10.9. The largest absolute Gasteiger partial charge is 0.481 e. The van der Waals surface area contributed by atoms with Crippen LogP contribution in [0.5, 0.6) is 0 Å². The highest BCUT2D eigenvalue weighted by atomic mass is 16.4. The fourth-order valence-electron chi connectivity index (χ4n) is 13.9. The van der Waals surface area contributed by atoms with Gasteiger partial charge in [-0.25, -0.2) is 0 Å². The van der Waals surface area contributed by atoms with Crippen molar-refractivity contribution in [2.75, 3.05) is 0 Å². The van der Waals surface area contributed by atoms with Gasteiger partial charge in [-0.05, 0) is 166 Å². The predicted molar refractivity (Wildman–Crippen MR) is 234 cm³/mol. The normalized spacial score (nSPS) is 29.8. The van der Waals surface area contributed by atoms with Crippen molar-refractivity contribution in [3.63, 3.8) is 0 Å². The summed E-state index contributed by atoms with van der Waals surface area (Å²) in [6.45, 7) is 12.9. The van der Waals surface area contributed by atoms with Gasteiger partial charge in [0.25, 0.3) is 0 Å². The van der Waals surface area contributed by atoms with Crippen LogP contribution in [0.25, 0.3) is 32.3 Å². The maximum Gasteiger partial charge on any atom is 0.303 e. The molecule has 0 heterocycles. The maximum atomic E-state index is 10.9. The highest BCUT2D eigenvalue weighted by Crippen LogP contribution is 2.68. The number of allylic oxidation sites excluding steroid dienone is 2. The smallest absolute Gasteiger partial charge is 0.303 e. The zero-order valence-corrected chi connectivity index (χ0v) is 35.2. The first-order chi connectivity index (χ1) is 26.6. The number of aliphatic carboxylic acids is 1. The molecule has 4 aliphatic rings. The fraction of sp³-hybridized carbons (Fsp3) is 0.642. The van der Waals surface area contributed by atoms with Crippen LogP contribution in [0.3, 0.4) is 0 Å². The summed E-state index contributed by atoms with van der Waals surface area (Å²) in [6, 6.07) is 19.1. The molecule has 0 radical (unpaired) electrons. The van der Waals surface area contributed by atoms with Crippen molar-refractivity contribution in [2.45, 2.75) is 169 Å². The number of hydrogen-bond donors (Lipinski definition) is 1. The van der Waals surface area contributed by atoms with Crippen molar-refractivity contribution in [3.05, 3.63) is 71.3 Å². The van der Waals surface area contributed by atoms with Gasteiger partial charge in [0.15, 0.2) is 0 Å². The van der Waals surface area contributed by atoms with Crippen LogP contribution in [0.2, 0.25) is 0 Å². The Balaban J connectivity index is 1.02. The lowest BCUT2D eigenvalue weighted by Crippen LogP contribution is -2.50. The molecule has 4 unspecified atom stereocenters. The molecule has 2 heteroatoms. The van der Waals surface area contributed by atoms with Crippen molar-refractivity contribution in [3.8, 4) is 0 Å². The Morgan fingerprint density at radius 2 is 1.49 bits per heavy atom. The van der Waals surface area contributed by atoms with Crippen molar-refractivity contribution >= 4 is 38.3 Å². The van der Waals surface area contributed by atoms with Crippen LogP contribution in [0.1, 0.15) is 174 Å². The lowest BCUT2D eigenvalue weighted by atomic mass is 9.46. The fourth-order valence-corrected chi connectivity index (χ4v) is 13.9. The zero-order chi connectivity index (χ0) is 38.3. The van der Waals surface area contributed by atoms with Crippen LogP contribution in [0, 0.1) is 46.3 Å². The second kappa shape index (κ2) is 16.2. The molecule has 4 aromatic carbocycles. The lowest BCUT2D eigenvalue weighted by molar-refractivity contribution is -0.137. The Bertz CT molecular complexity index is 1970. The molecular formula is C53H72O2. The van der Waals surface area contributed by atoms with E-state index in [1.54, 1.807) is 11.1 Å². The number of carbonyl (C=O) groups is 1. The number of aryl methyl sites for hydroxylation is 1. The van der Waals surface area contributed by atoms with Crippen molar-refractivity contribution in [1.82, 2.24) is 0 Å². The van der Waals surface area contributed by atoms with Gasteiger partial charge in [-0.3, -0.25) is 4.79 Å². The van der Waals surface area contributed by atoms with Gasteiger partial charge in [0, 0.05) is 6.42 Å². The molecule has 8 rings (SSSR count). The van der Waals surface area contributed by atoms with Gasteiger partial charge >= 0.3 is 5.97 Å². The highest BCUT2D eigenvalue weighted by molar-refractivity contribution is 6.23. The quantitative estimate of drug-likeness (QED) is 0.0705. The van der Waals surface area contributed by atoms with Crippen LogP contribution in [0.15, 0.2) is 60.2 Å². The van der Waals surface area contributed by atoms with Crippen LogP contribution in [-0.4, -0.2) is 11.1 Å². The molecule has 4 aromatic rings. The number of hydrogen-bond acceptors (Lipinski definition) is 1. The monoisotopic (exact) mass is 741 g/mol. The minimum absolute atomic E-state index is 0.314. The molecule has 8 atom stereocenters. The van der Waals surface area contributed by atoms with E-state index < -0.39 is 5.97 Å². The van der Waals surface area contributed by atoms with Gasteiger partial charge in [-0.15, -0.1) is 0 Å². The molecule has 3 saturated carbocycles. The second-order valence-electron chi connectivity index (χ2n) is 20.4. The maximum absolute atomic E-state index is 10.9. The summed E-state index contributed by atoms with van der Waals surface area (Å²) in [6.07, 6.45) is 27.7. The summed E-state index contributed by atoms with van der Waals surface area (Å²) in [5.74, 6) is 5.27. The number of rotatable bonds is 16. The average Bonchev–Trinajstić information content (AvgIpc) is 3.53. The van der Waals surface area contributed by atoms with Gasteiger partial charge in [-0.2, -0.15) is 0 Å². The lowest BCUT2D eigenvalue weighted by Gasteiger charge is -2.58. The summed E-state index contributed by atoms with van der Waals surface area (Å²) in [5.41, 5.74) is 6.05. The molecule has 0 saturated heterocycles. The van der Waals surface area contributed by atoms with Crippen molar-refractivity contribution in [2.24, 2.45) is 46.3 Å². The minimum atomic E-state index is -0.660. The third-order valence-electron chi connectivity index (χ3n) is 16.9. The van der Waals surface area contributed by atoms with E-state index in [2.05, 4.69) is 89.2 Å². The van der Waals surface area contributed by atoms with E-state index in [1.807, 2.05) is 5.57 Å². The minimum Gasteiger partial charge on any atom is -0.481 e. The van der Waals surface area contributed by atoms with Crippen molar-refractivity contribution < 1.29 is 9.90 Å². The van der Waals surface area contributed by atoms with Crippen LogP contribution in [-0.2, 0) is 11.2 Å². The third kappa shape index (κ3) is 7.40. The van der Waals surface area contributed by atoms with Gasteiger partial charge in [0.2, 0.25) is 0 Å². The summed E-state index contributed by atoms with van der Waals surface area (Å²) < 4.78 is 0. The van der Waals surface area contributed by atoms with Crippen LogP contribution >= 0.6 is 0 Å². The van der Waals surface area contributed by atoms with E-state index in [4.69, 9.17) is 5.11 Å². The highest BCUT2D eigenvalue weighted by Gasteiger charge is 2.59. The first kappa shape index (κ1) is 39.0. The number of unbranched alkanes of at least 4 members (excludes halogenated alkanes) is 6. The van der Waals surface area contributed by atoms with Gasteiger partial charge in [0.1, 0.15) is 0 Å². The van der Waals surface area contributed by atoms with Crippen LogP contribution < -0.4 is 0 Å². The zero-order valence-electron chi connectivity index (χ0n) is 35.2. The second-order valence-corrected chi connectivity index (χ2v) is 20.4. The molecular weight excluding hydrogens is 669 g/mol. The Hall–Kier alpha value is -2.87. The standard InChI is InChI=1S/C53H72O2/c1-35(2)15-13-16-36(3)46-27-28-47-44-26-24-41-33-39(29-31-52(41,4)48(44)30-32-53(46,47)5)45-34-40-22-21-37-17-14-18-38-23-25-43(51(40)50(37)38)42(45)19-11-9-7-6-8-10-12-20-49(54)55/h14,17-18,21-25,34-36,39,44,46-48H,6-13,15-16,19-20,26-33H2,1-5H3,(H,54,55)/t36-,39?,44?,46-,47?,48?,52+,53-/m1/s1. The molecule has 3 fully saturated rings. The first-order valence-corrected chi connectivity index (χ1v) is 23.2. The molecule has 2 nitrogen and oxygen atoms in total. The Morgan fingerprint density at radius 3 is 2.25 bits per heavy atom. The number of benzene rings is 4. The average molecular weight is 741 g/mol. The molecule has 4 aliphatic carbocycles. The van der Waals surface area contributed by atoms with E-state index in [0.29, 0.717) is 23.2 Å². The summed E-state index contributed by atoms with van der Waals surface area (Å²) in [7, 11) is 0. The topological polar surface area (TPSA) is 37.3 Å². The third-order valence-corrected chi connectivity index (χ3v) is 16.9. The van der Waals surface area contributed by atoms with E-state index in [-0.39, 0.29) is 0 Å². The number of carboxylic acid groups (broad SMARTS) is 1. The summed E-state index contributed by atoms with van der Waals surface area (Å²) in [5, 5.41) is 17.6. The molecule has 55 heavy (non-hydrogen) atoms. The van der Waals surface area contributed by atoms with E-state index in [1.165, 1.54) is 129 Å². The van der Waals surface area contributed by atoms with Gasteiger partial charge in [0.05, 0.1) is 0 Å². The van der Waals surface area contributed by atoms with E-state index >= 15 is 0 Å². The summed E-state index contributed by atoms with van der Waals surface area (Å²) >= 11 is 0. The Kier molecular flexibility index (Phi) is 11.5. The molecule has 296 valence electrons. The van der Waals surface area contributed by atoms with E-state index in [9.17, 15) is 4.79 Å². The van der Waals surface area contributed by atoms with E-state index in [0.717, 1.165) is 61.2 Å². The van der Waals surface area contributed by atoms with Gasteiger partial charge < -0.3 is 5.11 Å². The van der Waals surface area contributed by atoms with Crippen molar-refractivity contribution in [1.29, 1.82) is 0 Å². The SMILES string of the molecule is CC(C)CCC[C@@H](C)[C@H]1CCC2C3CC=C4CC(c5cc6ccc7cccc8ccc(c5CCCCCCCCCC(=O)O)c6c78)CC[C@]4(C)C3CC[C@@]21C. The number of fused-ring (bicyclic) bond motifs is 5. The molecule has 0 bridgehead atoms.